The summed E-state index contributed by atoms with van der Waals surface area (Å²) >= 11 is 7.27. The highest BCUT2D eigenvalue weighted by molar-refractivity contribution is 7.12. The van der Waals surface area contributed by atoms with Crippen LogP contribution in [0.5, 0.6) is 0 Å². The van der Waals surface area contributed by atoms with Gasteiger partial charge in [0.05, 0.1) is 11.1 Å². The fourth-order valence-corrected chi connectivity index (χ4v) is 3.16. The summed E-state index contributed by atoms with van der Waals surface area (Å²) in [6.07, 6.45) is 6.04. The van der Waals surface area contributed by atoms with E-state index in [1.54, 1.807) is 6.07 Å². The summed E-state index contributed by atoms with van der Waals surface area (Å²) in [5.74, 6) is -0.0629. The Morgan fingerprint density at radius 2 is 2.44 bits per heavy atom. The number of hydrogen-bond acceptors (Lipinski definition) is 3. The van der Waals surface area contributed by atoms with Crippen molar-refractivity contribution in [2.24, 2.45) is 0 Å². The second kappa shape index (κ2) is 7.12. The third-order valence-corrected chi connectivity index (χ3v) is 4.43. The summed E-state index contributed by atoms with van der Waals surface area (Å²) < 4.78 is 5.55. The number of rotatable bonds is 6. The molecule has 18 heavy (non-hydrogen) atoms. The monoisotopic (exact) mass is 287 g/mol. The molecule has 3 nitrogen and oxygen atoms in total. The normalized spacial score (nSPS) is 19.1. The molecule has 1 atom stereocenters. The highest BCUT2D eigenvalue weighted by Crippen LogP contribution is 2.21. The van der Waals surface area contributed by atoms with Gasteiger partial charge >= 0.3 is 0 Å². The van der Waals surface area contributed by atoms with E-state index >= 15 is 0 Å². The molecule has 5 heteroatoms. The van der Waals surface area contributed by atoms with Gasteiger partial charge in [0.1, 0.15) is 4.88 Å². The third kappa shape index (κ3) is 3.97. The number of ether oxygens (including phenoxy) is 1. The first-order chi connectivity index (χ1) is 8.77. The number of carbonyl (C=O) groups is 1. The van der Waals surface area contributed by atoms with Crippen LogP contribution in [0.2, 0.25) is 5.02 Å². The van der Waals surface area contributed by atoms with E-state index in [0.717, 1.165) is 25.9 Å². The van der Waals surface area contributed by atoms with E-state index in [0.29, 0.717) is 22.5 Å². The van der Waals surface area contributed by atoms with E-state index in [4.69, 9.17) is 16.3 Å². The van der Waals surface area contributed by atoms with Gasteiger partial charge in [-0.3, -0.25) is 4.79 Å². The molecule has 0 bridgehead atoms. The van der Waals surface area contributed by atoms with Crippen molar-refractivity contribution in [2.75, 3.05) is 13.2 Å². The smallest absolute Gasteiger partial charge is 0.262 e. The molecule has 0 saturated carbocycles. The maximum Gasteiger partial charge on any atom is 0.262 e. The molecular weight excluding hydrogens is 270 g/mol. The second-order valence-corrected chi connectivity index (χ2v) is 5.81. The molecule has 1 N–H and O–H groups in total. The summed E-state index contributed by atoms with van der Waals surface area (Å²) in [4.78, 5) is 12.3. The summed E-state index contributed by atoms with van der Waals surface area (Å²) in [6.45, 7) is 1.62. The highest BCUT2D eigenvalue weighted by Gasteiger charge is 2.15. The lowest BCUT2D eigenvalue weighted by molar-refractivity contribution is 0.0951. The minimum atomic E-state index is -0.0629. The number of unbranched alkanes of at least 4 members (excludes halogenated alkanes) is 1. The summed E-state index contributed by atoms with van der Waals surface area (Å²) in [7, 11) is 0. The van der Waals surface area contributed by atoms with Crippen molar-refractivity contribution in [2.45, 2.75) is 38.2 Å². The Morgan fingerprint density at radius 1 is 1.56 bits per heavy atom. The Kier molecular flexibility index (Phi) is 5.47. The molecule has 1 unspecified atom stereocenters. The Bertz CT molecular complexity index is 388. The van der Waals surface area contributed by atoms with E-state index in [-0.39, 0.29) is 5.91 Å². The van der Waals surface area contributed by atoms with Crippen LogP contribution in [0.1, 0.15) is 41.8 Å². The Morgan fingerprint density at radius 3 is 3.11 bits per heavy atom. The van der Waals surface area contributed by atoms with E-state index in [2.05, 4.69) is 5.32 Å². The van der Waals surface area contributed by atoms with Crippen LogP contribution in [0.4, 0.5) is 0 Å². The quantitative estimate of drug-likeness (QED) is 0.814. The van der Waals surface area contributed by atoms with Gasteiger partial charge < -0.3 is 10.1 Å². The van der Waals surface area contributed by atoms with Crippen LogP contribution in [0.25, 0.3) is 0 Å². The number of hydrogen-bond donors (Lipinski definition) is 1. The van der Waals surface area contributed by atoms with Crippen molar-refractivity contribution < 1.29 is 9.53 Å². The molecule has 1 aliphatic rings. The third-order valence-electron chi connectivity index (χ3n) is 3.09. The molecule has 1 aromatic rings. The van der Waals surface area contributed by atoms with Crippen molar-refractivity contribution in [3.63, 3.8) is 0 Å². The molecule has 1 saturated heterocycles. The van der Waals surface area contributed by atoms with Crippen LogP contribution >= 0.6 is 22.9 Å². The first-order valence-corrected chi connectivity index (χ1v) is 7.66. The maximum atomic E-state index is 11.7. The van der Waals surface area contributed by atoms with E-state index in [9.17, 15) is 4.79 Å². The zero-order valence-corrected chi connectivity index (χ0v) is 11.9. The Labute approximate surface area is 116 Å². The molecule has 0 aromatic carbocycles. The predicted molar refractivity (Wildman–Crippen MR) is 74.5 cm³/mol. The van der Waals surface area contributed by atoms with E-state index in [1.807, 2.05) is 5.38 Å². The minimum absolute atomic E-state index is 0.0629. The fourth-order valence-electron chi connectivity index (χ4n) is 2.11. The maximum absolute atomic E-state index is 11.7. The van der Waals surface area contributed by atoms with Crippen LogP contribution in [0.15, 0.2) is 11.4 Å². The van der Waals surface area contributed by atoms with Gasteiger partial charge in [0.25, 0.3) is 5.91 Å². The molecule has 1 aromatic heterocycles. The van der Waals surface area contributed by atoms with Gasteiger partial charge in [-0.05, 0) is 43.6 Å². The highest BCUT2D eigenvalue weighted by atomic mass is 35.5. The lowest BCUT2D eigenvalue weighted by Gasteiger charge is -2.09. The van der Waals surface area contributed by atoms with Gasteiger partial charge in [0.2, 0.25) is 0 Å². The topological polar surface area (TPSA) is 38.3 Å². The molecule has 1 aliphatic heterocycles. The first-order valence-electron chi connectivity index (χ1n) is 6.40. The molecule has 0 spiro atoms. The Hall–Kier alpha value is -0.580. The van der Waals surface area contributed by atoms with Crippen LogP contribution < -0.4 is 5.32 Å². The molecule has 1 fully saturated rings. The van der Waals surface area contributed by atoms with Crippen molar-refractivity contribution in [3.8, 4) is 0 Å². The van der Waals surface area contributed by atoms with Crippen molar-refractivity contribution >= 4 is 28.8 Å². The molecule has 2 heterocycles. The summed E-state index contributed by atoms with van der Waals surface area (Å²) in [5.41, 5.74) is 0. The van der Waals surface area contributed by atoms with Crippen LogP contribution in [0, 0.1) is 0 Å². The standard InChI is InChI=1S/C13H18ClNO2S/c14-11-6-9-18-12(11)13(16)15-7-2-1-4-10-5-3-8-17-10/h6,9-10H,1-5,7-8H2,(H,15,16). The van der Waals surface area contributed by atoms with Crippen LogP contribution in [-0.2, 0) is 4.74 Å². The van der Waals surface area contributed by atoms with E-state index in [1.165, 1.54) is 24.2 Å². The van der Waals surface area contributed by atoms with Crippen molar-refractivity contribution in [1.29, 1.82) is 0 Å². The Balaban J connectivity index is 1.58. The molecule has 1 amide bonds. The number of halogens is 1. The lowest BCUT2D eigenvalue weighted by Crippen LogP contribution is -2.24. The van der Waals surface area contributed by atoms with Gasteiger partial charge in [0.15, 0.2) is 0 Å². The van der Waals surface area contributed by atoms with Crippen molar-refractivity contribution in [3.05, 3.63) is 21.3 Å². The van der Waals surface area contributed by atoms with Gasteiger partial charge in [-0.15, -0.1) is 11.3 Å². The molecule has 100 valence electrons. The fraction of sp³-hybridized carbons (Fsp3) is 0.615. The van der Waals surface area contributed by atoms with Gasteiger partial charge in [-0.25, -0.2) is 0 Å². The lowest BCUT2D eigenvalue weighted by atomic mass is 10.1. The number of thiophene rings is 1. The zero-order valence-electron chi connectivity index (χ0n) is 10.3. The zero-order chi connectivity index (χ0) is 12.8. The number of nitrogens with one attached hydrogen (secondary N) is 1. The SMILES string of the molecule is O=C(NCCCCC1CCCO1)c1sccc1Cl. The van der Waals surface area contributed by atoms with E-state index < -0.39 is 0 Å². The summed E-state index contributed by atoms with van der Waals surface area (Å²) in [5, 5.41) is 5.26. The van der Waals surface area contributed by atoms with Crippen LogP contribution in [0.3, 0.4) is 0 Å². The molecule has 0 radical (unpaired) electrons. The summed E-state index contributed by atoms with van der Waals surface area (Å²) in [6, 6.07) is 1.75. The first kappa shape index (κ1) is 13.8. The van der Waals surface area contributed by atoms with Gasteiger partial charge in [-0.1, -0.05) is 11.6 Å². The molecule has 2 rings (SSSR count). The van der Waals surface area contributed by atoms with Gasteiger partial charge in [0, 0.05) is 13.2 Å². The average molecular weight is 288 g/mol. The molecule has 0 aliphatic carbocycles. The number of amides is 1. The minimum Gasteiger partial charge on any atom is -0.378 e. The largest absolute Gasteiger partial charge is 0.378 e. The van der Waals surface area contributed by atoms with Crippen molar-refractivity contribution in [1.82, 2.24) is 5.32 Å². The second-order valence-electron chi connectivity index (χ2n) is 4.48. The van der Waals surface area contributed by atoms with Gasteiger partial charge in [-0.2, -0.15) is 0 Å². The average Bonchev–Trinajstić information content (AvgIpc) is 2.99. The molecular formula is C13H18ClNO2S. The van der Waals surface area contributed by atoms with Crippen LogP contribution in [-0.4, -0.2) is 25.2 Å². The number of carbonyl (C=O) groups excluding carboxylic acids is 1. The predicted octanol–water partition coefficient (Wildman–Crippen LogP) is 3.48.